The van der Waals surface area contributed by atoms with Crippen molar-refractivity contribution in [1.29, 1.82) is 0 Å². The third-order valence-electron chi connectivity index (χ3n) is 3.10. The maximum Gasteiger partial charge on any atom is 0.123 e. The molecule has 0 spiro atoms. The van der Waals surface area contributed by atoms with E-state index in [1.165, 1.54) is 6.07 Å². The van der Waals surface area contributed by atoms with Crippen LogP contribution in [0.15, 0.2) is 24.3 Å². The van der Waals surface area contributed by atoms with E-state index in [0.29, 0.717) is 11.8 Å². The van der Waals surface area contributed by atoms with E-state index in [9.17, 15) is 4.39 Å². The monoisotopic (exact) mass is 223 g/mol. The van der Waals surface area contributed by atoms with E-state index in [2.05, 4.69) is 5.32 Å². The molecule has 0 aliphatic carbocycles. The molecule has 0 bridgehead atoms. The molecule has 0 aromatic heterocycles. The molecule has 1 aliphatic heterocycles. The number of likely N-dealkylation sites (N-methyl/N-ethyl adjacent to an activating group) is 1. The van der Waals surface area contributed by atoms with Crippen LogP contribution in [0.5, 0.6) is 0 Å². The summed E-state index contributed by atoms with van der Waals surface area (Å²) < 4.78 is 18.3. The summed E-state index contributed by atoms with van der Waals surface area (Å²) in [6.07, 6.45) is 1.07. The van der Waals surface area contributed by atoms with Crippen molar-refractivity contribution in [2.24, 2.45) is 5.92 Å². The van der Waals surface area contributed by atoms with Gasteiger partial charge in [0.2, 0.25) is 0 Å². The molecule has 1 saturated heterocycles. The molecule has 1 unspecified atom stereocenters. The van der Waals surface area contributed by atoms with Crippen molar-refractivity contribution in [2.75, 3.05) is 26.8 Å². The van der Waals surface area contributed by atoms with Gasteiger partial charge in [-0.3, -0.25) is 0 Å². The Labute approximate surface area is 95.8 Å². The van der Waals surface area contributed by atoms with Gasteiger partial charge in [-0.1, -0.05) is 12.1 Å². The average molecular weight is 223 g/mol. The fraction of sp³-hybridized carbons (Fsp3) is 0.538. The molecule has 1 atom stereocenters. The number of rotatable bonds is 5. The van der Waals surface area contributed by atoms with Gasteiger partial charge in [0.15, 0.2) is 0 Å². The van der Waals surface area contributed by atoms with E-state index < -0.39 is 0 Å². The number of halogens is 1. The maximum absolute atomic E-state index is 13.2. The molecule has 0 radical (unpaired) electrons. The summed E-state index contributed by atoms with van der Waals surface area (Å²) in [6, 6.07) is 6.92. The normalized spacial score (nSPS) is 18.1. The van der Waals surface area contributed by atoms with Crippen molar-refractivity contribution in [2.45, 2.75) is 12.3 Å². The van der Waals surface area contributed by atoms with E-state index in [1.54, 1.807) is 12.1 Å². The highest BCUT2D eigenvalue weighted by Gasteiger charge is 2.23. The second kappa shape index (κ2) is 5.41. The van der Waals surface area contributed by atoms with Gasteiger partial charge in [0.1, 0.15) is 5.82 Å². The molecular weight excluding hydrogens is 205 g/mol. The first-order chi connectivity index (χ1) is 7.79. The molecular formula is C13H18FNO. The SMILES string of the molecule is CNCC(CC1COC1)c1cccc(F)c1. The van der Waals surface area contributed by atoms with Crippen molar-refractivity contribution in [1.82, 2.24) is 5.32 Å². The molecule has 1 aromatic rings. The van der Waals surface area contributed by atoms with Crippen molar-refractivity contribution in [3.05, 3.63) is 35.6 Å². The third-order valence-corrected chi connectivity index (χ3v) is 3.10. The largest absolute Gasteiger partial charge is 0.381 e. The Kier molecular flexibility index (Phi) is 3.91. The molecule has 0 saturated carbocycles. The highest BCUT2D eigenvalue weighted by molar-refractivity contribution is 5.21. The molecule has 1 N–H and O–H groups in total. The Balaban J connectivity index is 2.04. The van der Waals surface area contributed by atoms with Gasteiger partial charge >= 0.3 is 0 Å². The third kappa shape index (κ3) is 2.80. The smallest absolute Gasteiger partial charge is 0.123 e. The second-order valence-electron chi connectivity index (χ2n) is 4.45. The maximum atomic E-state index is 13.2. The lowest BCUT2D eigenvalue weighted by Gasteiger charge is -2.30. The Morgan fingerprint density at radius 2 is 2.31 bits per heavy atom. The summed E-state index contributed by atoms with van der Waals surface area (Å²) in [5.41, 5.74) is 1.08. The first-order valence-corrected chi connectivity index (χ1v) is 5.77. The minimum absolute atomic E-state index is 0.150. The Hall–Kier alpha value is -0.930. The summed E-state index contributed by atoms with van der Waals surface area (Å²) in [5.74, 6) is 0.875. The number of hydrogen-bond donors (Lipinski definition) is 1. The van der Waals surface area contributed by atoms with Crippen LogP contribution in [0.1, 0.15) is 17.9 Å². The van der Waals surface area contributed by atoms with Gasteiger partial charge in [-0.2, -0.15) is 0 Å². The van der Waals surface area contributed by atoms with Crippen molar-refractivity contribution < 1.29 is 9.13 Å². The van der Waals surface area contributed by atoms with Crippen molar-refractivity contribution in [3.63, 3.8) is 0 Å². The summed E-state index contributed by atoms with van der Waals surface area (Å²) >= 11 is 0. The van der Waals surface area contributed by atoms with Crippen LogP contribution < -0.4 is 5.32 Å². The first kappa shape index (κ1) is 11.6. The summed E-state index contributed by atoms with van der Waals surface area (Å²) in [7, 11) is 1.93. The zero-order valence-corrected chi connectivity index (χ0v) is 9.58. The van der Waals surface area contributed by atoms with Crippen LogP contribution >= 0.6 is 0 Å². The summed E-state index contributed by atoms with van der Waals surface area (Å²) in [6.45, 7) is 2.60. The predicted molar refractivity (Wildman–Crippen MR) is 62.0 cm³/mol. The van der Waals surface area contributed by atoms with Crippen molar-refractivity contribution in [3.8, 4) is 0 Å². The van der Waals surface area contributed by atoms with Gasteiger partial charge in [0, 0.05) is 12.5 Å². The van der Waals surface area contributed by atoms with Crippen LogP contribution in [-0.2, 0) is 4.74 Å². The lowest BCUT2D eigenvalue weighted by molar-refractivity contribution is -0.0384. The number of nitrogens with one attached hydrogen (secondary N) is 1. The van der Waals surface area contributed by atoms with Crippen LogP contribution in [0.3, 0.4) is 0 Å². The van der Waals surface area contributed by atoms with Crippen LogP contribution in [0.2, 0.25) is 0 Å². The van der Waals surface area contributed by atoms with Gasteiger partial charge < -0.3 is 10.1 Å². The van der Waals surface area contributed by atoms with E-state index in [1.807, 2.05) is 13.1 Å². The van der Waals surface area contributed by atoms with Crippen molar-refractivity contribution >= 4 is 0 Å². The zero-order chi connectivity index (χ0) is 11.4. The second-order valence-corrected chi connectivity index (χ2v) is 4.45. The predicted octanol–water partition coefficient (Wildman–Crippen LogP) is 2.17. The number of benzene rings is 1. The summed E-state index contributed by atoms with van der Waals surface area (Å²) in [4.78, 5) is 0. The van der Waals surface area contributed by atoms with Crippen LogP contribution in [-0.4, -0.2) is 26.8 Å². The van der Waals surface area contributed by atoms with Gasteiger partial charge in [-0.25, -0.2) is 4.39 Å². The number of ether oxygens (including phenoxy) is 1. The minimum Gasteiger partial charge on any atom is -0.381 e. The topological polar surface area (TPSA) is 21.3 Å². The molecule has 2 nitrogen and oxygen atoms in total. The van der Waals surface area contributed by atoms with Crippen LogP contribution in [0.25, 0.3) is 0 Å². The minimum atomic E-state index is -0.150. The lowest BCUT2D eigenvalue weighted by atomic mass is 9.88. The fourth-order valence-corrected chi connectivity index (χ4v) is 2.17. The standard InChI is InChI=1S/C13H18FNO/c1-15-7-12(5-10-8-16-9-10)11-3-2-4-13(14)6-11/h2-4,6,10,12,15H,5,7-9H2,1H3. The Morgan fingerprint density at radius 3 is 2.88 bits per heavy atom. The van der Waals surface area contributed by atoms with E-state index in [4.69, 9.17) is 4.74 Å². The first-order valence-electron chi connectivity index (χ1n) is 5.77. The molecule has 1 aromatic carbocycles. The van der Waals surface area contributed by atoms with Crippen LogP contribution in [0.4, 0.5) is 4.39 Å². The van der Waals surface area contributed by atoms with E-state index >= 15 is 0 Å². The van der Waals surface area contributed by atoms with E-state index in [-0.39, 0.29) is 5.82 Å². The highest BCUT2D eigenvalue weighted by Crippen LogP contribution is 2.27. The number of hydrogen-bond acceptors (Lipinski definition) is 2. The lowest BCUT2D eigenvalue weighted by Crippen LogP contribution is -2.31. The average Bonchev–Trinajstić information content (AvgIpc) is 2.21. The molecule has 1 fully saturated rings. The molecule has 3 heteroatoms. The molecule has 1 aliphatic rings. The van der Waals surface area contributed by atoms with Gasteiger partial charge in [-0.05, 0) is 37.1 Å². The molecule has 16 heavy (non-hydrogen) atoms. The Morgan fingerprint density at radius 1 is 1.50 bits per heavy atom. The fourth-order valence-electron chi connectivity index (χ4n) is 2.17. The van der Waals surface area contributed by atoms with Gasteiger partial charge in [0.25, 0.3) is 0 Å². The molecule has 88 valence electrons. The molecule has 0 amide bonds. The highest BCUT2D eigenvalue weighted by atomic mass is 19.1. The van der Waals surface area contributed by atoms with Gasteiger partial charge in [-0.15, -0.1) is 0 Å². The molecule has 2 rings (SSSR count). The zero-order valence-electron chi connectivity index (χ0n) is 9.58. The summed E-state index contributed by atoms with van der Waals surface area (Å²) in [5, 5.41) is 3.18. The van der Waals surface area contributed by atoms with E-state index in [0.717, 1.165) is 31.7 Å². The quantitative estimate of drug-likeness (QED) is 0.826. The molecule has 1 heterocycles. The Bertz CT molecular complexity index is 338. The van der Waals surface area contributed by atoms with Crippen LogP contribution in [0, 0.1) is 11.7 Å². The van der Waals surface area contributed by atoms with Gasteiger partial charge in [0.05, 0.1) is 13.2 Å².